The molecule has 96 valence electrons. The number of halogens is 1. The second kappa shape index (κ2) is 4.99. The molecule has 2 heterocycles. The lowest BCUT2D eigenvalue weighted by Crippen LogP contribution is -2.01. The maximum absolute atomic E-state index is 5.77. The topological polar surface area (TPSA) is 76.7 Å². The predicted octanol–water partition coefficient (Wildman–Crippen LogP) is 2.93. The summed E-state index contributed by atoms with van der Waals surface area (Å²) in [4.78, 5) is 12.3. The minimum absolute atomic E-state index is 0.371. The van der Waals surface area contributed by atoms with Crippen molar-refractivity contribution in [1.82, 2.24) is 15.0 Å². The number of nitrogens with two attached hydrogens (primary N) is 1. The van der Waals surface area contributed by atoms with Crippen LogP contribution in [0.5, 0.6) is 0 Å². The van der Waals surface area contributed by atoms with Crippen LogP contribution in [-0.2, 0) is 6.54 Å². The number of nitrogen functional groups attached to an aromatic ring is 1. The zero-order chi connectivity index (χ0) is 13.2. The molecule has 0 fully saturated rings. The molecule has 0 saturated carbocycles. The van der Waals surface area contributed by atoms with Crippen molar-refractivity contribution < 1.29 is 0 Å². The van der Waals surface area contributed by atoms with Gasteiger partial charge in [-0.15, -0.1) is 0 Å². The highest BCUT2D eigenvalue weighted by atomic mass is 35.5. The van der Waals surface area contributed by atoms with E-state index in [1.54, 1.807) is 6.20 Å². The molecule has 2 aromatic heterocycles. The van der Waals surface area contributed by atoms with E-state index in [4.69, 9.17) is 17.3 Å². The Morgan fingerprint density at radius 2 is 2.16 bits per heavy atom. The van der Waals surface area contributed by atoms with E-state index in [1.807, 2.05) is 12.1 Å². The minimum atomic E-state index is 0.371. The summed E-state index contributed by atoms with van der Waals surface area (Å²) in [6.45, 7) is 0.642. The van der Waals surface area contributed by atoms with Crippen LogP contribution in [0.25, 0.3) is 10.2 Å². The van der Waals surface area contributed by atoms with Crippen molar-refractivity contribution in [3.63, 3.8) is 0 Å². The summed E-state index contributed by atoms with van der Waals surface area (Å²) in [5, 5.41) is 4.12. The Kier molecular flexibility index (Phi) is 3.18. The van der Waals surface area contributed by atoms with E-state index in [2.05, 4.69) is 26.3 Å². The van der Waals surface area contributed by atoms with E-state index in [0.717, 1.165) is 15.8 Å². The van der Waals surface area contributed by atoms with Crippen molar-refractivity contribution in [3.05, 3.63) is 41.3 Å². The monoisotopic (exact) mass is 291 g/mol. The molecule has 0 aliphatic heterocycles. The number of fused-ring (bicyclic) bond motifs is 1. The first kappa shape index (κ1) is 12.1. The standard InChI is InChI=1S/C12H10ClN5S/c13-10-5-15-6-11(18-10)16-4-7-1-2-8-9(3-7)19-12(14)17-8/h1-3,5-6H,4H2,(H2,14,17)(H,16,18). The Balaban J connectivity index is 1.78. The van der Waals surface area contributed by atoms with Gasteiger partial charge in [-0.05, 0) is 17.7 Å². The molecule has 3 aromatic rings. The molecule has 19 heavy (non-hydrogen) atoms. The van der Waals surface area contributed by atoms with E-state index < -0.39 is 0 Å². The van der Waals surface area contributed by atoms with Crippen molar-refractivity contribution in [1.29, 1.82) is 0 Å². The lowest BCUT2D eigenvalue weighted by molar-refractivity contribution is 1.09. The molecule has 0 spiro atoms. The van der Waals surface area contributed by atoms with Crippen LogP contribution in [0.3, 0.4) is 0 Å². The molecule has 3 rings (SSSR count). The molecule has 0 aliphatic rings. The lowest BCUT2D eigenvalue weighted by Gasteiger charge is -2.05. The zero-order valence-corrected chi connectivity index (χ0v) is 11.4. The highest BCUT2D eigenvalue weighted by Gasteiger charge is 2.03. The smallest absolute Gasteiger partial charge is 0.181 e. The van der Waals surface area contributed by atoms with E-state index in [0.29, 0.717) is 22.6 Å². The fraction of sp³-hybridized carbons (Fsp3) is 0.0833. The van der Waals surface area contributed by atoms with E-state index in [1.165, 1.54) is 17.5 Å². The van der Waals surface area contributed by atoms with Crippen molar-refractivity contribution >= 4 is 44.1 Å². The van der Waals surface area contributed by atoms with Crippen LogP contribution in [0, 0.1) is 0 Å². The van der Waals surface area contributed by atoms with Gasteiger partial charge in [0.15, 0.2) is 5.13 Å². The Bertz CT molecular complexity index is 727. The van der Waals surface area contributed by atoms with Gasteiger partial charge in [-0.2, -0.15) is 0 Å². The molecule has 0 amide bonds. The van der Waals surface area contributed by atoms with Crippen LogP contribution >= 0.6 is 22.9 Å². The molecule has 0 atom stereocenters. The predicted molar refractivity (Wildman–Crippen MR) is 78.4 cm³/mol. The number of nitrogens with zero attached hydrogens (tertiary/aromatic N) is 3. The summed E-state index contributed by atoms with van der Waals surface area (Å²) >= 11 is 7.25. The number of hydrogen-bond donors (Lipinski definition) is 2. The molecule has 3 N–H and O–H groups in total. The maximum atomic E-state index is 5.77. The first-order valence-corrected chi connectivity index (χ1v) is 6.76. The van der Waals surface area contributed by atoms with E-state index in [9.17, 15) is 0 Å². The summed E-state index contributed by atoms with van der Waals surface area (Å²) in [5.41, 5.74) is 7.73. The van der Waals surface area contributed by atoms with Crippen LogP contribution < -0.4 is 11.1 Å². The Hall–Kier alpha value is -1.92. The number of aromatic nitrogens is 3. The molecule has 1 aromatic carbocycles. The van der Waals surface area contributed by atoms with Gasteiger partial charge in [0.25, 0.3) is 0 Å². The first-order valence-electron chi connectivity index (χ1n) is 5.57. The van der Waals surface area contributed by atoms with Gasteiger partial charge in [-0.25, -0.2) is 9.97 Å². The summed E-state index contributed by atoms with van der Waals surface area (Å²) < 4.78 is 1.08. The molecular formula is C12H10ClN5S. The van der Waals surface area contributed by atoms with Gasteiger partial charge in [0.2, 0.25) is 0 Å². The van der Waals surface area contributed by atoms with Gasteiger partial charge in [0.1, 0.15) is 11.0 Å². The number of anilines is 2. The van der Waals surface area contributed by atoms with E-state index in [-0.39, 0.29) is 0 Å². The Labute approximate surface area is 118 Å². The average molecular weight is 292 g/mol. The SMILES string of the molecule is Nc1nc2ccc(CNc3cncc(Cl)n3)cc2s1. The number of thiazole rings is 1. The molecular weight excluding hydrogens is 282 g/mol. The number of hydrogen-bond acceptors (Lipinski definition) is 6. The van der Waals surface area contributed by atoms with Crippen molar-refractivity contribution in [2.24, 2.45) is 0 Å². The van der Waals surface area contributed by atoms with Gasteiger partial charge < -0.3 is 11.1 Å². The number of rotatable bonds is 3. The fourth-order valence-corrected chi connectivity index (χ4v) is 2.66. The van der Waals surface area contributed by atoms with Crippen molar-refractivity contribution in [3.8, 4) is 0 Å². The fourth-order valence-electron chi connectivity index (χ4n) is 1.72. The molecule has 0 aliphatic carbocycles. The number of benzene rings is 1. The third-order valence-electron chi connectivity index (χ3n) is 2.55. The normalized spacial score (nSPS) is 10.8. The van der Waals surface area contributed by atoms with Gasteiger partial charge in [0.05, 0.1) is 22.6 Å². The van der Waals surface area contributed by atoms with Crippen LogP contribution in [0.2, 0.25) is 5.15 Å². The van der Waals surface area contributed by atoms with Crippen LogP contribution in [0.4, 0.5) is 10.9 Å². The Morgan fingerprint density at radius 3 is 3.00 bits per heavy atom. The van der Waals surface area contributed by atoms with Gasteiger partial charge >= 0.3 is 0 Å². The van der Waals surface area contributed by atoms with E-state index >= 15 is 0 Å². The van der Waals surface area contributed by atoms with Crippen LogP contribution in [0.1, 0.15) is 5.56 Å². The molecule has 0 unspecified atom stereocenters. The van der Waals surface area contributed by atoms with Gasteiger partial charge in [-0.3, -0.25) is 4.98 Å². The molecule has 5 nitrogen and oxygen atoms in total. The highest BCUT2D eigenvalue weighted by molar-refractivity contribution is 7.22. The summed E-state index contributed by atoms with van der Waals surface area (Å²) in [6, 6.07) is 6.03. The summed E-state index contributed by atoms with van der Waals surface area (Å²) in [5.74, 6) is 0.649. The maximum Gasteiger partial charge on any atom is 0.181 e. The molecule has 0 bridgehead atoms. The quantitative estimate of drug-likeness (QED) is 0.776. The summed E-state index contributed by atoms with van der Waals surface area (Å²) in [6.07, 6.45) is 3.13. The second-order valence-electron chi connectivity index (χ2n) is 3.93. The minimum Gasteiger partial charge on any atom is -0.375 e. The van der Waals surface area contributed by atoms with Crippen LogP contribution in [0.15, 0.2) is 30.6 Å². The lowest BCUT2D eigenvalue weighted by atomic mass is 10.2. The van der Waals surface area contributed by atoms with Gasteiger partial charge in [0, 0.05) is 6.54 Å². The largest absolute Gasteiger partial charge is 0.375 e. The zero-order valence-electron chi connectivity index (χ0n) is 9.80. The Morgan fingerprint density at radius 1 is 1.26 bits per heavy atom. The van der Waals surface area contributed by atoms with Crippen molar-refractivity contribution in [2.75, 3.05) is 11.1 Å². The van der Waals surface area contributed by atoms with Gasteiger partial charge in [-0.1, -0.05) is 29.0 Å². The average Bonchev–Trinajstić information content (AvgIpc) is 2.75. The third kappa shape index (κ3) is 2.74. The highest BCUT2D eigenvalue weighted by Crippen LogP contribution is 2.24. The number of nitrogens with one attached hydrogen (secondary N) is 1. The molecule has 0 radical (unpaired) electrons. The first-order chi connectivity index (χ1) is 9.20. The second-order valence-corrected chi connectivity index (χ2v) is 5.38. The van der Waals surface area contributed by atoms with Crippen molar-refractivity contribution in [2.45, 2.75) is 6.54 Å². The molecule has 0 saturated heterocycles. The summed E-state index contributed by atoms with van der Waals surface area (Å²) in [7, 11) is 0. The molecule has 7 heteroatoms. The third-order valence-corrected chi connectivity index (χ3v) is 3.58. The van der Waals surface area contributed by atoms with Crippen LogP contribution in [-0.4, -0.2) is 15.0 Å².